The highest BCUT2D eigenvalue weighted by Gasteiger charge is 2.37. The van der Waals surface area contributed by atoms with Gasteiger partial charge in [0.1, 0.15) is 5.75 Å². The van der Waals surface area contributed by atoms with Gasteiger partial charge in [-0.15, -0.1) is 11.6 Å². The first-order chi connectivity index (χ1) is 10.9. The van der Waals surface area contributed by atoms with Gasteiger partial charge in [-0.25, -0.2) is 0 Å². The molecule has 1 atom stereocenters. The van der Waals surface area contributed by atoms with E-state index in [4.69, 9.17) is 11.6 Å². The van der Waals surface area contributed by atoms with Crippen LogP contribution in [0.15, 0.2) is 18.2 Å². The van der Waals surface area contributed by atoms with Gasteiger partial charge in [0.25, 0.3) is 0 Å². The molecule has 0 radical (unpaired) electrons. The maximum atomic E-state index is 10.6. The average molecular weight is 330 g/mol. The molecule has 0 spiro atoms. The number of nitrogens with zero attached hydrogens (tertiary/aromatic N) is 1. The summed E-state index contributed by atoms with van der Waals surface area (Å²) in [7, 11) is 0. The van der Waals surface area contributed by atoms with Crippen LogP contribution in [0.3, 0.4) is 0 Å². The SMILES string of the molecule is CC(C)(C)N1C[C@@H](CCl)c2c1cc(O)c1ccc3c(c21)CCC3. The maximum absolute atomic E-state index is 10.6. The summed E-state index contributed by atoms with van der Waals surface area (Å²) in [5.74, 6) is 1.36. The summed E-state index contributed by atoms with van der Waals surface area (Å²) >= 11 is 6.35. The molecule has 122 valence electrons. The highest BCUT2D eigenvalue weighted by molar-refractivity contribution is 6.19. The number of benzene rings is 2. The number of anilines is 1. The van der Waals surface area contributed by atoms with Crippen molar-refractivity contribution in [2.75, 3.05) is 17.3 Å². The van der Waals surface area contributed by atoms with Crippen LogP contribution in [-0.2, 0) is 12.8 Å². The minimum atomic E-state index is 0.0215. The normalized spacial score (nSPS) is 20.2. The van der Waals surface area contributed by atoms with Crippen molar-refractivity contribution in [2.45, 2.75) is 51.5 Å². The van der Waals surface area contributed by atoms with E-state index in [1.807, 2.05) is 6.07 Å². The molecule has 1 aliphatic heterocycles. The summed E-state index contributed by atoms with van der Waals surface area (Å²) in [6.07, 6.45) is 3.49. The number of hydrogen-bond donors (Lipinski definition) is 1. The Labute approximate surface area is 143 Å². The summed E-state index contributed by atoms with van der Waals surface area (Å²) in [5, 5.41) is 12.9. The van der Waals surface area contributed by atoms with Gasteiger partial charge in [0, 0.05) is 41.0 Å². The van der Waals surface area contributed by atoms with Crippen LogP contribution in [0.2, 0.25) is 0 Å². The molecule has 0 aromatic heterocycles. The molecular formula is C20H24ClNO. The van der Waals surface area contributed by atoms with Gasteiger partial charge >= 0.3 is 0 Å². The summed E-state index contributed by atoms with van der Waals surface area (Å²) in [6.45, 7) is 7.61. The largest absolute Gasteiger partial charge is 0.507 e. The van der Waals surface area contributed by atoms with Gasteiger partial charge in [-0.05, 0) is 62.1 Å². The molecule has 2 aromatic carbocycles. The number of aromatic hydroxyl groups is 1. The first kappa shape index (κ1) is 15.1. The predicted octanol–water partition coefficient (Wildman–Crippen LogP) is 4.98. The third-order valence-electron chi connectivity index (χ3n) is 5.48. The van der Waals surface area contributed by atoms with Gasteiger partial charge < -0.3 is 10.0 Å². The Bertz CT molecular complexity index is 791. The van der Waals surface area contributed by atoms with Crippen molar-refractivity contribution >= 4 is 28.1 Å². The highest BCUT2D eigenvalue weighted by atomic mass is 35.5. The maximum Gasteiger partial charge on any atom is 0.125 e. The van der Waals surface area contributed by atoms with E-state index in [1.54, 1.807) is 0 Å². The quantitative estimate of drug-likeness (QED) is 0.746. The van der Waals surface area contributed by atoms with Crippen molar-refractivity contribution in [3.05, 3.63) is 34.9 Å². The minimum absolute atomic E-state index is 0.0215. The van der Waals surface area contributed by atoms with Crippen LogP contribution in [0.1, 0.15) is 49.8 Å². The van der Waals surface area contributed by atoms with Gasteiger partial charge in [0.2, 0.25) is 0 Å². The molecule has 1 heterocycles. The van der Waals surface area contributed by atoms with Crippen LogP contribution < -0.4 is 4.90 Å². The van der Waals surface area contributed by atoms with Crippen LogP contribution in [0.4, 0.5) is 5.69 Å². The third kappa shape index (κ3) is 2.15. The van der Waals surface area contributed by atoms with Crippen LogP contribution in [0.25, 0.3) is 10.8 Å². The molecule has 0 saturated carbocycles. The van der Waals surface area contributed by atoms with E-state index in [2.05, 4.69) is 37.8 Å². The molecule has 0 bridgehead atoms. The van der Waals surface area contributed by atoms with Crippen LogP contribution in [-0.4, -0.2) is 23.1 Å². The lowest BCUT2D eigenvalue weighted by molar-refractivity contribution is 0.479. The van der Waals surface area contributed by atoms with Crippen molar-refractivity contribution in [2.24, 2.45) is 0 Å². The molecule has 1 aliphatic carbocycles. The lowest BCUT2D eigenvalue weighted by Crippen LogP contribution is -2.40. The number of hydrogen-bond acceptors (Lipinski definition) is 2. The summed E-state index contributed by atoms with van der Waals surface area (Å²) in [4.78, 5) is 2.41. The summed E-state index contributed by atoms with van der Waals surface area (Å²) < 4.78 is 0. The molecule has 4 rings (SSSR count). The third-order valence-corrected chi connectivity index (χ3v) is 5.85. The number of aryl methyl sites for hydroxylation is 2. The van der Waals surface area contributed by atoms with E-state index in [-0.39, 0.29) is 5.54 Å². The second kappa shape index (κ2) is 5.04. The van der Waals surface area contributed by atoms with E-state index in [0.29, 0.717) is 17.5 Å². The fraction of sp³-hybridized carbons (Fsp3) is 0.500. The minimum Gasteiger partial charge on any atom is -0.507 e. The van der Waals surface area contributed by atoms with Gasteiger partial charge in [-0.3, -0.25) is 0 Å². The Morgan fingerprint density at radius 1 is 1.26 bits per heavy atom. The molecule has 1 N–H and O–H groups in total. The van der Waals surface area contributed by atoms with Crippen molar-refractivity contribution in [3.8, 4) is 5.75 Å². The zero-order valence-corrected chi connectivity index (χ0v) is 14.9. The number of fused-ring (bicyclic) bond motifs is 5. The van der Waals surface area contributed by atoms with Crippen LogP contribution in [0.5, 0.6) is 5.75 Å². The Balaban J connectivity index is 2.08. The Kier molecular flexibility index (Phi) is 3.32. The second-order valence-electron chi connectivity index (χ2n) is 7.94. The van der Waals surface area contributed by atoms with Gasteiger partial charge in [0.15, 0.2) is 0 Å². The van der Waals surface area contributed by atoms with E-state index < -0.39 is 0 Å². The molecule has 2 nitrogen and oxygen atoms in total. The summed E-state index contributed by atoms with van der Waals surface area (Å²) in [6, 6.07) is 6.25. The molecule has 0 unspecified atom stereocenters. The van der Waals surface area contributed by atoms with Crippen LogP contribution >= 0.6 is 11.6 Å². The molecule has 2 aromatic rings. The van der Waals surface area contributed by atoms with Gasteiger partial charge in [-0.1, -0.05) is 12.1 Å². The number of rotatable bonds is 1. The van der Waals surface area contributed by atoms with E-state index >= 15 is 0 Å². The Morgan fingerprint density at radius 2 is 2.04 bits per heavy atom. The topological polar surface area (TPSA) is 23.5 Å². The molecule has 0 saturated heterocycles. The number of halogens is 1. The predicted molar refractivity (Wildman–Crippen MR) is 98.2 cm³/mol. The van der Waals surface area contributed by atoms with E-state index in [1.165, 1.54) is 34.2 Å². The molecule has 3 heteroatoms. The van der Waals surface area contributed by atoms with Gasteiger partial charge in [-0.2, -0.15) is 0 Å². The number of alkyl halides is 1. The molecular weight excluding hydrogens is 306 g/mol. The zero-order valence-electron chi connectivity index (χ0n) is 14.1. The molecule has 0 fully saturated rings. The molecule has 23 heavy (non-hydrogen) atoms. The fourth-order valence-electron chi connectivity index (χ4n) is 4.41. The second-order valence-corrected chi connectivity index (χ2v) is 8.25. The van der Waals surface area contributed by atoms with Gasteiger partial charge in [0.05, 0.1) is 0 Å². The number of phenolic OH excluding ortho intramolecular Hbond substituents is 1. The van der Waals surface area contributed by atoms with Crippen molar-refractivity contribution in [1.82, 2.24) is 0 Å². The Hall–Kier alpha value is -1.41. The van der Waals surface area contributed by atoms with Crippen LogP contribution in [0, 0.1) is 0 Å². The molecule has 0 amide bonds. The van der Waals surface area contributed by atoms with Crippen molar-refractivity contribution < 1.29 is 5.11 Å². The smallest absolute Gasteiger partial charge is 0.125 e. The van der Waals surface area contributed by atoms with Crippen molar-refractivity contribution in [3.63, 3.8) is 0 Å². The lowest BCUT2D eigenvalue weighted by atomic mass is 9.90. The first-order valence-corrected chi connectivity index (χ1v) is 9.09. The summed E-state index contributed by atoms with van der Waals surface area (Å²) in [5.41, 5.74) is 5.46. The lowest BCUT2D eigenvalue weighted by Gasteiger charge is -2.35. The van der Waals surface area contributed by atoms with E-state index in [0.717, 1.165) is 24.8 Å². The Morgan fingerprint density at radius 3 is 2.74 bits per heavy atom. The monoisotopic (exact) mass is 329 g/mol. The molecule has 2 aliphatic rings. The zero-order chi connectivity index (χ0) is 16.4. The highest BCUT2D eigenvalue weighted by Crippen LogP contribution is 2.49. The number of phenols is 1. The first-order valence-electron chi connectivity index (χ1n) is 8.55. The standard InChI is InChI=1S/C20H24ClNO/c1-20(2,3)22-11-13(10-21)18-16(22)9-17(23)15-8-7-12-5-4-6-14(12)19(15)18/h7-9,13,23H,4-6,10-11H2,1-3H3/t13-/m1/s1. The fourth-order valence-corrected chi connectivity index (χ4v) is 4.66. The average Bonchev–Trinajstić information content (AvgIpc) is 3.09. The van der Waals surface area contributed by atoms with Crippen molar-refractivity contribution in [1.29, 1.82) is 0 Å². The van der Waals surface area contributed by atoms with E-state index in [9.17, 15) is 5.11 Å².